The summed E-state index contributed by atoms with van der Waals surface area (Å²) in [5, 5.41) is 9.67. The van der Waals surface area contributed by atoms with Gasteiger partial charge in [0.25, 0.3) is 0 Å². The third-order valence-electron chi connectivity index (χ3n) is 4.71. The first-order valence-corrected chi connectivity index (χ1v) is 8.67. The summed E-state index contributed by atoms with van der Waals surface area (Å²) in [4.78, 5) is 8.64. The number of rotatable bonds is 4. The first-order valence-electron chi connectivity index (χ1n) is 8.67. The van der Waals surface area contributed by atoms with Crippen molar-refractivity contribution in [2.24, 2.45) is 0 Å². The Morgan fingerprint density at radius 3 is 2.78 bits per heavy atom. The number of nitrogen functional groups attached to an aromatic ring is 2. The molecule has 0 aliphatic heterocycles. The maximum Gasteiger partial charge on any atom is 0.224 e. The molecule has 1 fully saturated rings. The van der Waals surface area contributed by atoms with Gasteiger partial charge in [-0.3, -0.25) is 0 Å². The highest BCUT2D eigenvalue weighted by molar-refractivity contribution is 5.83. The van der Waals surface area contributed by atoms with Gasteiger partial charge in [0, 0.05) is 23.4 Å². The second-order valence-corrected chi connectivity index (χ2v) is 6.76. The van der Waals surface area contributed by atoms with Gasteiger partial charge in [-0.05, 0) is 31.0 Å². The molecule has 8 nitrogen and oxygen atoms in total. The molecule has 5 rings (SSSR count). The molecule has 1 aliphatic rings. The molecule has 4 aromatic rings. The van der Waals surface area contributed by atoms with E-state index in [2.05, 4.69) is 20.2 Å². The summed E-state index contributed by atoms with van der Waals surface area (Å²) >= 11 is 0. The highest BCUT2D eigenvalue weighted by Gasteiger charge is 2.26. The number of nitrogens with zero attached hydrogens (tertiary/aromatic N) is 6. The minimum atomic E-state index is -0.387. The lowest BCUT2D eigenvalue weighted by Crippen LogP contribution is -2.08. The summed E-state index contributed by atoms with van der Waals surface area (Å²) in [5.74, 6) is 0.827. The van der Waals surface area contributed by atoms with Gasteiger partial charge in [-0.25, -0.2) is 13.8 Å². The van der Waals surface area contributed by atoms with Crippen LogP contribution in [0.2, 0.25) is 0 Å². The van der Waals surface area contributed by atoms with E-state index < -0.39 is 0 Å². The second-order valence-electron chi connectivity index (χ2n) is 6.76. The number of hydrogen-bond acceptors (Lipinski definition) is 6. The first-order chi connectivity index (χ1) is 13.1. The molecule has 0 saturated heterocycles. The Labute approximate surface area is 153 Å². The van der Waals surface area contributed by atoms with E-state index in [9.17, 15) is 4.39 Å². The smallest absolute Gasteiger partial charge is 0.224 e. The van der Waals surface area contributed by atoms with Gasteiger partial charge < -0.3 is 11.5 Å². The molecule has 1 saturated carbocycles. The van der Waals surface area contributed by atoms with Crippen molar-refractivity contribution < 1.29 is 4.39 Å². The number of benzene rings is 1. The fraction of sp³-hybridized carbons (Fsp3) is 0.222. The molecule has 0 radical (unpaired) electrons. The van der Waals surface area contributed by atoms with Crippen molar-refractivity contribution in [3.8, 4) is 5.82 Å². The minimum Gasteiger partial charge on any atom is -0.399 e. The minimum absolute atomic E-state index is 0.112. The molecular weight excluding hydrogens is 347 g/mol. The van der Waals surface area contributed by atoms with Gasteiger partial charge in [0.1, 0.15) is 5.82 Å². The molecule has 27 heavy (non-hydrogen) atoms. The molecule has 4 N–H and O–H groups in total. The van der Waals surface area contributed by atoms with Crippen LogP contribution in [0.15, 0.2) is 36.7 Å². The number of aromatic nitrogens is 6. The standard InChI is InChI=1S/C18H17FN8/c19-14-7-12(20)4-3-11(14)9-27-17-13(8-22-27)16(23-18(21)24-17)26-6-5-15(25-26)10-1-2-10/h3-8,10H,1-2,9,20H2,(H2,21,23,24). The average Bonchev–Trinajstić information content (AvgIpc) is 3.24. The van der Waals surface area contributed by atoms with Crippen LogP contribution in [0.5, 0.6) is 0 Å². The van der Waals surface area contributed by atoms with E-state index in [1.165, 1.54) is 18.9 Å². The normalized spacial score (nSPS) is 14.1. The third kappa shape index (κ3) is 2.77. The summed E-state index contributed by atoms with van der Waals surface area (Å²) in [7, 11) is 0. The summed E-state index contributed by atoms with van der Waals surface area (Å²) in [6.07, 6.45) is 5.86. The fourth-order valence-electron chi connectivity index (χ4n) is 3.15. The summed E-state index contributed by atoms with van der Waals surface area (Å²) < 4.78 is 17.4. The van der Waals surface area contributed by atoms with Gasteiger partial charge in [0.15, 0.2) is 11.5 Å². The van der Waals surface area contributed by atoms with Crippen LogP contribution in [0.4, 0.5) is 16.0 Å². The molecule has 0 bridgehead atoms. The van der Waals surface area contributed by atoms with Crippen LogP contribution in [-0.4, -0.2) is 29.5 Å². The summed E-state index contributed by atoms with van der Waals surface area (Å²) in [6.45, 7) is 0.206. The number of fused-ring (bicyclic) bond motifs is 1. The van der Waals surface area contributed by atoms with Crippen molar-refractivity contribution in [2.45, 2.75) is 25.3 Å². The lowest BCUT2D eigenvalue weighted by Gasteiger charge is -2.07. The number of nitrogens with two attached hydrogens (primary N) is 2. The molecule has 0 spiro atoms. The van der Waals surface area contributed by atoms with Crippen LogP contribution in [0.3, 0.4) is 0 Å². The Balaban J connectivity index is 1.58. The van der Waals surface area contributed by atoms with Gasteiger partial charge in [0.2, 0.25) is 5.95 Å². The number of halogens is 1. The molecular formula is C18H17FN8. The fourth-order valence-corrected chi connectivity index (χ4v) is 3.15. The van der Waals surface area contributed by atoms with Crippen molar-refractivity contribution in [3.05, 3.63) is 53.7 Å². The molecule has 3 heterocycles. The van der Waals surface area contributed by atoms with Crippen molar-refractivity contribution in [1.82, 2.24) is 29.5 Å². The molecule has 0 atom stereocenters. The Kier molecular flexibility index (Phi) is 3.36. The van der Waals surface area contributed by atoms with E-state index in [0.717, 1.165) is 5.69 Å². The maximum atomic E-state index is 14.2. The van der Waals surface area contributed by atoms with Crippen LogP contribution in [0.25, 0.3) is 16.9 Å². The van der Waals surface area contributed by atoms with Crippen molar-refractivity contribution >= 4 is 22.7 Å². The lowest BCUT2D eigenvalue weighted by molar-refractivity contribution is 0.590. The molecule has 0 amide bonds. The van der Waals surface area contributed by atoms with E-state index in [-0.39, 0.29) is 18.3 Å². The van der Waals surface area contributed by atoms with Crippen LogP contribution < -0.4 is 11.5 Å². The summed E-state index contributed by atoms with van der Waals surface area (Å²) in [6, 6.07) is 6.58. The second kappa shape index (κ2) is 5.76. The van der Waals surface area contributed by atoms with Gasteiger partial charge in [-0.1, -0.05) is 6.07 Å². The first kappa shape index (κ1) is 15.7. The molecule has 3 aromatic heterocycles. The van der Waals surface area contributed by atoms with Crippen molar-refractivity contribution in [1.29, 1.82) is 0 Å². The Bertz CT molecular complexity index is 1160. The summed E-state index contributed by atoms with van der Waals surface area (Å²) in [5.41, 5.74) is 13.9. The highest BCUT2D eigenvalue weighted by atomic mass is 19.1. The van der Waals surface area contributed by atoms with E-state index >= 15 is 0 Å². The average molecular weight is 364 g/mol. The van der Waals surface area contributed by atoms with Crippen molar-refractivity contribution in [2.75, 3.05) is 11.5 Å². The Morgan fingerprint density at radius 1 is 1.15 bits per heavy atom. The molecule has 0 unspecified atom stereocenters. The predicted octanol–water partition coefficient (Wildman–Crippen LogP) is 2.24. The van der Waals surface area contributed by atoms with Crippen LogP contribution in [0.1, 0.15) is 30.0 Å². The zero-order valence-corrected chi connectivity index (χ0v) is 14.4. The quantitative estimate of drug-likeness (QED) is 0.537. The topological polar surface area (TPSA) is 113 Å². The highest BCUT2D eigenvalue weighted by Crippen LogP contribution is 2.39. The monoisotopic (exact) mass is 364 g/mol. The van der Waals surface area contributed by atoms with Gasteiger partial charge in [0.05, 0.1) is 23.8 Å². The zero-order valence-electron chi connectivity index (χ0n) is 14.4. The maximum absolute atomic E-state index is 14.2. The van der Waals surface area contributed by atoms with Gasteiger partial charge in [-0.15, -0.1) is 0 Å². The Morgan fingerprint density at radius 2 is 2.00 bits per heavy atom. The predicted molar refractivity (Wildman–Crippen MR) is 98.7 cm³/mol. The molecule has 1 aromatic carbocycles. The Hall–Kier alpha value is -3.49. The van der Waals surface area contributed by atoms with Crippen molar-refractivity contribution in [3.63, 3.8) is 0 Å². The van der Waals surface area contributed by atoms with Crippen LogP contribution in [0, 0.1) is 5.82 Å². The van der Waals surface area contributed by atoms with Gasteiger partial charge in [-0.2, -0.15) is 20.2 Å². The molecule has 9 heteroatoms. The van der Waals surface area contributed by atoms with Crippen LogP contribution in [-0.2, 0) is 6.54 Å². The van der Waals surface area contributed by atoms with E-state index in [4.69, 9.17) is 11.5 Å². The number of anilines is 2. The van der Waals surface area contributed by atoms with Crippen LogP contribution >= 0.6 is 0 Å². The molecule has 136 valence electrons. The zero-order chi connectivity index (χ0) is 18.5. The SMILES string of the molecule is Nc1ccc(Cn2ncc3c(-n4ccc(C5CC5)n4)nc(N)nc32)c(F)c1. The molecule has 1 aliphatic carbocycles. The van der Waals surface area contributed by atoms with E-state index in [1.54, 1.807) is 27.7 Å². The van der Waals surface area contributed by atoms with Gasteiger partial charge >= 0.3 is 0 Å². The largest absolute Gasteiger partial charge is 0.399 e. The van der Waals surface area contributed by atoms with E-state index in [1.807, 2.05) is 12.3 Å². The van der Waals surface area contributed by atoms with E-state index in [0.29, 0.717) is 34.0 Å². The number of hydrogen-bond donors (Lipinski definition) is 2. The third-order valence-corrected chi connectivity index (χ3v) is 4.71. The lowest BCUT2D eigenvalue weighted by atomic mass is 10.2.